The van der Waals surface area contributed by atoms with Gasteiger partial charge in [0.05, 0.1) is 0 Å². The quantitative estimate of drug-likeness (QED) is 0.774. The Labute approximate surface area is 185 Å². The van der Waals surface area contributed by atoms with Crippen molar-refractivity contribution in [2.24, 2.45) is 11.3 Å². The minimum atomic E-state index is -0.379. The summed E-state index contributed by atoms with van der Waals surface area (Å²) in [6.07, 6.45) is 3.13. The van der Waals surface area contributed by atoms with Gasteiger partial charge in [-0.1, -0.05) is 39.0 Å². The first kappa shape index (κ1) is 22.8. The van der Waals surface area contributed by atoms with E-state index in [2.05, 4.69) is 10.3 Å². The van der Waals surface area contributed by atoms with Crippen LogP contribution in [-0.2, 0) is 16.1 Å². The minimum absolute atomic E-state index is 0.0403. The van der Waals surface area contributed by atoms with E-state index in [0.29, 0.717) is 38.4 Å². The lowest BCUT2D eigenvalue weighted by molar-refractivity contribution is -0.142. The minimum Gasteiger partial charge on any atom is -0.439 e. The zero-order chi connectivity index (χ0) is 22.6. The zero-order valence-corrected chi connectivity index (χ0v) is 19.2. The molecule has 1 aromatic carbocycles. The number of amides is 2. The van der Waals surface area contributed by atoms with Gasteiger partial charge in [-0.25, -0.2) is 4.98 Å². The lowest BCUT2D eigenvalue weighted by atomic mass is 9.90. The number of piperidine rings is 1. The van der Waals surface area contributed by atoms with E-state index in [4.69, 9.17) is 4.74 Å². The SMILES string of the molecule is Cc1ccc(C)c(Oc2ccc(CNC(=O)C3CCN(C(=O)C(C)(C)C)CC3)cn2)c1. The van der Waals surface area contributed by atoms with Crippen molar-refractivity contribution >= 4 is 11.8 Å². The Balaban J connectivity index is 1.48. The molecule has 0 radical (unpaired) electrons. The van der Waals surface area contributed by atoms with E-state index in [9.17, 15) is 9.59 Å². The lowest BCUT2D eigenvalue weighted by Gasteiger charge is -2.35. The van der Waals surface area contributed by atoms with Crippen LogP contribution >= 0.6 is 0 Å². The van der Waals surface area contributed by atoms with Crippen LogP contribution < -0.4 is 10.1 Å². The molecule has 6 heteroatoms. The average molecular weight is 424 g/mol. The fraction of sp³-hybridized carbons (Fsp3) is 0.480. The van der Waals surface area contributed by atoms with Crippen LogP contribution in [0.4, 0.5) is 0 Å². The third-order valence-electron chi connectivity index (χ3n) is 5.62. The van der Waals surface area contributed by atoms with Gasteiger partial charge in [-0.3, -0.25) is 9.59 Å². The molecule has 1 fully saturated rings. The molecular formula is C25H33N3O3. The zero-order valence-electron chi connectivity index (χ0n) is 19.2. The number of carbonyl (C=O) groups is 2. The second-order valence-corrected chi connectivity index (χ2v) is 9.41. The van der Waals surface area contributed by atoms with Crippen LogP contribution in [0.25, 0.3) is 0 Å². The summed E-state index contributed by atoms with van der Waals surface area (Å²) in [4.78, 5) is 31.2. The number of likely N-dealkylation sites (tertiary alicyclic amines) is 1. The Morgan fingerprint density at radius 3 is 2.45 bits per heavy atom. The number of hydrogen-bond donors (Lipinski definition) is 1. The van der Waals surface area contributed by atoms with Gasteiger partial charge in [0.15, 0.2) is 0 Å². The number of carbonyl (C=O) groups excluding carboxylic acids is 2. The van der Waals surface area contributed by atoms with Gasteiger partial charge in [0.2, 0.25) is 17.7 Å². The molecule has 1 saturated heterocycles. The molecule has 2 aromatic rings. The lowest BCUT2D eigenvalue weighted by Crippen LogP contribution is -2.46. The number of rotatable bonds is 5. The summed E-state index contributed by atoms with van der Waals surface area (Å²) in [5.41, 5.74) is 2.73. The second kappa shape index (κ2) is 9.50. The van der Waals surface area contributed by atoms with E-state index >= 15 is 0 Å². The van der Waals surface area contributed by atoms with Crippen LogP contribution in [0.2, 0.25) is 0 Å². The molecule has 2 heterocycles. The van der Waals surface area contributed by atoms with Crippen molar-refractivity contribution in [3.05, 3.63) is 53.2 Å². The molecule has 166 valence electrons. The topological polar surface area (TPSA) is 71.5 Å². The third-order valence-corrected chi connectivity index (χ3v) is 5.62. The van der Waals surface area contributed by atoms with Crippen molar-refractivity contribution in [1.82, 2.24) is 15.2 Å². The number of hydrogen-bond acceptors (Lipinski definition) is 4. The fourth-order valence-electron chi connectivity index (χ4n) is 3.66. The Morgan fingerprint density at radius 1 is 1.13 bits per heavy atom. The maximum absolute atomic E-state index is 12.6. The van der Waals surface area contributed by atoms with Crippen molar-refractivity contribution in [2.45, 2.75) is 54.0 Å². The monoisotopic (exact) mass is 423 g/mol. The van der Waals surface area contributed by atoms with Crippen molar-refractivity contribution < 1.29 is 14.3 Å². The largest absolute Gasteiger partial charge is 0.439 e. The normalized spacial score (nSPS) is 14.9. The first-order chi connectivity index (χ1) is 14.6. The summed E-state index contributed by atoms with van der Waals surface area (Å²) in [6.45, 7) is 11.5. The average Bonchev–Trinajstić information content (AvgIpc) is 2.74. The summed E-state index contributed by atoms with van der Waals surface area (Å²) < 4.78 is 5.89. The van der Waals surface area contributed by atoms with E-state index in [1.165, 1.54) is 0 Å². The molecule has 0 bridgehead atoms. The maximum atomic E-state index is 12.6. The highest BCUT2D eigenvalue weighted by atomic mass is 16.5. The van der Waals surface area contributed by atoms with Gasteiger partial charge in [-0.2, -0.15) is 0 Å². The Kier molecular flexibility index (Phi) is 6.98. The number of nitrogens with zero attached hydrogens (tertiary/aromatic N) is 2. The number of benzene rings is 1. The van der Waals surface area contributed by atoms with Gasteiger partial charge in [-0.05, 0) is 49.4 Å². The molecule has 2 amide bonds. The highest BCUT2D eigenvalue weighted by Crippen LogP contribution is 2.25. The van der Waals surface area contributed by atoms with Gasteiger partial charge in [0.25, 0.3) is 0 Å². The van der Waals surface area contributed by atoms with E-state index < -0.39 is 0 Å². The number of ether oxygens (including phenoxy) is 1. The van der Waals surface area contributed by atoms with Crippen molar-refractivity contribution in [1.29, 1.82) is 0 Å². The Morgan fingerprint density at radius 2 is 1.84 bits per heavy atom. The predicted molar refractivity (Wildman–Crippen MR) is 121 cm³/mol. The molecule has 0 spiro atoms. The summed E-state index contributed by atoms with van der Waals surface area (Å²) >= 11 is 0. The van der Waals surface area contributed by atoms with Gasteiger partial charge < -0.3 is 15.0 Å². The first-order valence-corrected chi connectivity index (χ1v) is 10.9. The number of aromatic nitrogens is 1. The summed E-state index contributed by atoms with van der Waals surface area (Å²) in [6, 6.07) is 9.80. The van der Waals surface area contributed by atoms with Crippen LogP contribution in [0.5, 0.6) is 11.6 Å². The van der Waals surface area contributed by atoms with Crippen LogP contribution in [-0.4, -0.2) is 34.8 Å². The van der Waals surface area contributed by atoms with Gasteiger partial charge >= 0.3 is 0 Å². The highest BCUT2D eigenvalue weighted by Gasteiger charge is 2.32. The van der Waals surface area contributed by atoms with Crippen molar-refractivity contribution in [2.75, 3.05) is 13.1 Å². The van der Waals surface area contributed by atoms with Crippen molar-refractivity contribution in [3.63, 3.8) is 0 Å². The predicted octanol–water partition coefficient (Wildman–Crippen LogP) is 4.39. The van der Waals surface area contributed by atoms with Gasteiger partial charge in [-0.15, -0.1) is 0 Å². The summed E-state index contributed by atoms with van der Waals surface area (Å²) in [7, 11) is 0. The number of nitrogens with one attached hydrogen (secondary N) is 1. The molecule has 6 nitrogen and oxygen atoms in total. The molecule has 1 N–H and O–H groups in total. The van der Waals surface area contributed by atoms with Gasteiger partial charge in [0.1, 0.15) is 5.75 Å². The summed E-state index contributed by atoms with van der Waals surface area (Å²) in [5, 5.41) is 3.01. The van der Waals surface area contributed by atoms with Crippen LogP contribution in [0.15, 0.2) is 36.5 Å². The van der Waals surface area contributed by atoms with E-state index in [0.717, 1.165) is 22.4 Å². The number of aryl methyl sites for hydroxylation is 2. The number of pyridine rings is 1. The molecular weight excluding hydrogens is 390 g/mol. The molecule has 3 rings (SSSR count). The molecule has 0 atom stereocenters. The smallest absolute Gasteiger partial charge is 0.227 e. The highest BCUT2D eigenvalue weighted by molar-refractivity contribution is 5.82. The van der Waals surface area contributed by atoms with E-state index in [1.807, 2.05) is 69.9 Å². The fourth-order valence-corrected chi connectivity index (χ4v) is 3.66. The summed E-state index contributed by atoms with van der Waals surface area (Å²) in [5.74, 6) is 1.47. The van der Waals surface area contributed by atoms with Crippen LogP contribution in [0.3, 0.4) is 0 Å². The molecule has 1 aromatic heterocycles. The molecule has 1 aliphatic rings. The van der Waals surface area contributed by atoms with Crippen LogP contribution in [0, 0.1) is 25.2 Å². The van der Waals surface area contributed by atoms with E-state index in [-0.39, 0.29) is 23.1 Å². The van der Waals surface area contributed by atoms with Crippen LogP contribution in [0.1, 0.15) is 50.3 Å². The standard InChI is InChI=1S/C25H33N3O3/c1-17-6-7-18(2)21(14-17)31-22-9-8-19(15-26-22)16-27-23(29)20-10-12-28(13-11-20)24(30)25(3,4)5/h6-9,14-15,20H,10-13,16H2,1-5H3,(H,27,29). The molecule has 0 unspecified atom stereocenters. The molecule has 1 aliphatic heterocycles. The first-order valence-electron chi connectivity index (χ1n) is 10.9. The Hall–Kier alpha value is -2.89. The maximum Gasteiger partial charge on any atom is 0.227 e. The van der Waals surface area contributed by atoms with Crippen molar-refractivity contribution in [3.8, 4) is 11.6 Å². The van der Waals surface area contributed by atoms with Gasteiger partial charge in [0, 0.05) is 43.2 Å². The molecule has 31 heavy (non-hydrogen) atoms. The molecule has 0 saturated carbocycles. The second-order valence-electron chi connectivity index (χ2n) is 9.41. The Bertz CT molecular complexity index is 924. The third kappa shape index (κ3) is 6.06. The van der Waals surface area contributed by atoms with E-state index in [1.54, 1.807) is 6.20 Å². The molecule has 0 aliphatic carbocycles.